The molecule has 0 atom stereocenters. The van der Waals surface area contributed by atoms with Crippen molar-refractivity contribution in [1.29, 1.82) is 0 Å². The third kappa shape index (κ3) is 5.32. The van der Waals surface area contributed by atoms with Crippen molar-refractivity contribution < 1.29 is 4.79 Å². The SMILES string of the molecule is Cc1ccc(N(C)c2nc(-c3ccccc3)ncc2C(=O)NCCN2CCCCC2)cc1. The molecular weight excluding hydrogens is 398 g/mol. The van der Waals surface area contributed by atoms with Crippen molar-refractivity contribution in [1.82, 2.24) is 20.2 Å². The quantitative estimate of drug-likeness (QED) is 0.602. The lowest BCUT2D eigenvalue weighted by Gasteiger charge is -2.26. The van der Waals surface area contributed by atoms with E-state index in [9.17, 15) is 4.79 Å². The predicted octanol–water partition coefficient (Wildman–Crippen LogP) is 4.44. The molecule has 0 saturated carbocycles. The van der Waals surface area contributed by atoms with E-state index in [1.165, 1.54) is 24.8 Å². The van der Waals surface area contributed by atoms with Crippen LogP contribution < -0.4 is 10.2 Å². The number of carbonyl (C=O) groups excluding carboxylic acids is 1. The van der Waals surface area contributed by atoms with E-state index in [1.54, 1.807) is 6.20 Å². The standard InChI is InChI=1S/C26H31N5O/c1-20-11-13-22(14-12-20)30(2)25-23(19-28-24(29-25)21-9-5-3-6-10-21)26(32)27-15-18-31-16-7-4-8-17-31/h3,5-6,9-14,19H,4,7-8,15-18H2,1-2H3,(H,27,32). The van der Waals surface area contributed by atoms with Gasteiger partial charge in [-0.05, 0) is 45.0 Å². The monoisotopic (exact) mass is 429 g/mol. The number of benzene rings is 2. The first-order valence-electron chi connectivity index (χ1n) is 11.4. The molecule has 1 aliphatic heterocycles. The van der Waals surface area contributed by atoms with Crippen LogP contribution in [0.3, 0.4) is 0 Å². The first-order chi connectivity index (χ1) is 15.6. The minimum absolute atomic E-state index is 0.143. The topological polar surface area (TPSA) is 61.4 Å². The van der Waals surface area contributed by atoms with Gasteiger partial charge in [0.1, 0.15) is 11.4 Å². The molecule has 0 unspecified atom stereocenters. The maximum atomic E-state index is 13.1. The fourth-order valence-corrected chi connectivity index (χ4v) is 4.01. The Morgan fingerprint density at radius 1 is 1.03 bits per heavy atom. The highest BCUT2D eigenvalue weighted by Crippen LogP contribution is 2.27. The number of aryl methyl sites for hydroxylation is 1. The van der Waals surface area contributed by atoms with Crippen molar-refractivity contribution in [3.8, 4) is 11.4 Å². The summed E-state index contributed by atoms with van der Waals surface area (Å²) < 4.78 is 0. The zero-order chi connectivity index (χ0) is 22.3. The number of nitrogens with zero attached hydrogens (tertiary/aromatic N) is 4. The smallest absolute Gasteiger partial charge is 0.256 e. The molecule has 166 valence electrons. The second-order valence-corrected chi connectivity index (χ2v) is 8.35. The largest absolute Gasteiger partial charge is 0.351 e. The molecule has 0 radical (unpaired) electrons. The van der Waals surface area contributed by atoms with Gasteiger partial charge in [-0.15, -0.1) is 0 Å². The molecule has 0 spiro atoms. The van der Waals surface area contributed by atoms with Crippen LogP contribution in [0, 0.1) is 6.92 Å². The second-order valence-electron chi connectivity index (χ2n) is 8.35. The van der Waals surface area contributed by atoms with Crippen molar-refractivity contribution in [2.45, 2.75) is 26.2 Å². The highest BCUT2D eigenvalue weighted by molar-refractivity contribution is 5.99. The lowest BCUT2D eigenvalue weighted by Crippen LogP contribution is -2.38. The Balaban J connectivity index is 1.58. The number of anilines is 2. The highest BCUT2D eigenvalue weighted by Gasteiger charge is 2.20. The van der Waals surface area contributed by atoms with Gasteiger partial charge in [-0.1, -0.05) is 54.4 Å². The van der Waals surface area contributed by atoms with Crippen LogP contribution in [-0.4, -0.2) is 54.0 Å². The van der Waals surface area contributed by atoms with Crippen molar-refractivity contribution in [2.75, 3.05) is 38.1 Å². The highest BCUT2D eigenvalue weighted by atomic mass is 16.1. The summed E-state index contributed by atoms with van der Waals surface area (Å²) in [5.41, 5.74) is 3.55. The normalized spacial score (nSPS) is 14.2. The molecule has 32 heavy (non-hydrogen) atoms. The Labute approximate surface area is 190 Å². The summed E-state index contributed by atoms with van der Waals surface area (Å²) in [5, 5.41) is 3.07. The number of hydrogen-bond acceptors (Lipinski definition) is 5. The van der Waals surface area contributed by atoms with Crippen LogP contribution in [-0.2, 0) is 0 Å². The van der Waals surface area contributed by atoms with E-state index in [-0.39, 0.29) is 5.91 Å². The Kier molecular flexibility index (Phi) is 7.12. The minimum Gasteiger partial charge on any atom is -0.351 e. The first kappa shape index (κ1) is 22.0. The summed E-state index contributed by atoms with van der Waals surface area (Å²) in [6.45, 7) is 5.78. The molecule has 4 rings (SSSR count). The van der Waals surface area contributed by atoms with Gasteiger partial charge in [0.05, 0.1) is 0 Å². The second kappa shape index (κ2) is 10.4. The van der Waals surface area contributed by atoms with E-state index >= 15 is 0 Å². The third-order valence-corrected chi connectivity index (χ3v) is 5.95. The van der Waals surface area contributed by atoms with Gasteiger partial charge >= 0.3 is 0 Å². The summed E-state index contributed by atoms with van der Waals surface area (Å²) in [5.74, 6) is 1.05. The molecule has 3 aromatic rings. The molecule has 1 fully saturated rings. The molecule has 1 aromatic heterocycles. The number of hydrogen-bond donors (Lipinski definition) is 1. The summed E-state index contributed by atoms with van der Waals surface area (Å²) in [6, 6.07) is 18.0. The van der Waals surface area contributed by atoms with E-state index in [2.05, 4.69) is 34.3 Å². The molecule has 0 aliphatic carbocycles. The molecule has 2 aromatic carbocycles. The van der Waals surface area contributed by atoms with Gasteiger partial charge in [0, 0.05) is 37.6 Å². The summed E-state index contributed by atoms with van der Waals surface area (Å²) in [6.07, 6.45) is 5.44. The predicted molar refractivity (Wildman–Crippen MR) is 129 cm³/mol. The van der Waals surface area contributed by atoms with E-state index < -0.39 is 0 Å². The molecule has 1 aliphatic rings. The fraction of sp³-hybridized carbons (Fsp3) is 0.346. The van der Waals surface area contributed by atoms with Crippen molar-refractivity contribution >= 4 is 17.4 Å². The van der Waals surface area contributed by atoms with Crippen LogP contribution in [0.5, 0.6) is 0 Å². The Morgan fingerprint density at radius 2 is 1.75 bits per heavy atom. The summed E-state index contributed by atoms with van der Waals surface area (Å²) in [7, 11) is 1.94. The Morgan fingerprint density at radius 3 is 2.47 bits per heavy atom. The molecule has 1 N–H and O–H groups in total. The number of likely N-dealkylation sites (tertiary alicyclic amines) is 1. The number of nitrogens with one attached hydrogen (secondary N) is 1. The number of aromatic nitrogens is 2. The van der Waals surface area contributed by atoms with Crippen LogP contribution in [0.4, 0.5) is 11.5 Å². The lowest BCUT2D eigenvalue weighted by molar-refractivity contribution is 0.0946. The van der Waals surface area contributed by atoms with Gasteiger partial charge in [-0.2, -0.15) is 0 Å². The van der Waals surface area contributed by atoms with E-state index in [4.69, 9.17) is 4.98 Å². The Bertz CT molecular complexity index is 1030. The van der Waals surface area contributed by atoms with Crippen molar-refractivity contribution in [3.63, 3.8) is 0 Å². The molecule has 6 heteroatoms. The number of piperidine rings is 1. The van der Waals surface area contributed by atoms with Gasteiger partial charge in [0.2, 0.25) is 0 Å². The first-order valence-corrected chi connectivity index (χ1v) is 11.4. The van der Waals surface area contributed by atoms with E-state index in [0.29, 0.717) is 23.8 Å². The van der Waals surface area contributed by atoms with Gasteiger partial charge in [0.15, 0.2) is 5.82 Å². The van der Waals surface area contributed by atoms with Crippen molar-refractivity contribution in [2.24, 2.45) is 0 Å². The minimum atomic E-state index is -0.143. The van der Waals surface area contributed by atoms with E-state index in [1.807, 2.05) is 54.4 Å². The number of rotatable bonds is 7. The van der Waals surface area contributed by atoms with Crippen molar-refractivity contribution in [3.05, 3.63) is 71.9 Å². The van der Waals surface area contributed by atoms with Crippen LogP contribution in [0.25, 0.3) is 11.4 Å². The van der Waals surface area contributed by atoms with Crippen LogP contribution in [0.15, 0.2) is 60.8 Å². The van der Waals surface area contributed by atoms with Gasteiger partial charge in [0.25, 0.3) is 5.91 Å². The number of carbonyl (C=O) groups is 1. The van der Waals surface area contributed by atoms with Gasteiger partial charge < -0.3 is 15.1 Å². The number of amides is 1. The molecular formula is C26H31N5O. The van der Waals surface area contributed by atoms with E-state index in [0.717, 1.165) is 30.9 Å². The zero-order valence-corrected chi connectivity index (χ0v) is 18.9. The lowest BCUT2D eigenvalue weighted by atomic mass is 10.1. The molecule has 1 saturated heterocycles. The van der Waals surface area contributed by atoms with Gasteiger partial charge in [-0.3, -0.25) is 4.79 Å². The molecule has 2 heterocycles. The summed E-state index contributed by atoms with van der Waals surface area (Å²) in [4.78, 5) is 26.8. The fourth-order valence-electron chi connectivity index (χ4n) is 4.01. The maximum Gasteiger partial charge on any atom is 0.256 e. The van der Waals surface area contributed by atoms with Crippen LogP contribution in [0.2, 0.25) is 0 Å². The average molecular weight is 430 g/mol. The summed E-state index contributed by atoms with van der Waals surface area (Å²) >= 11 is 0. The van der Waals surface area contributed by atoms with Crippen LogP contribution in [0.1, 0.15) is 35.2 Å². The maximum absolute atomic E-state index is 13.1. The zero-order valence-electron chi connectivity index (χ0n) is 18.9. The molecule has 6 nitrogen and oxygen atoms in total. The van der Waals surface area contributed by atoms with Gasteiger partial charge in [-0.25, -0.2) is 9.97 Å². The molecule has 0 bridgehead atoms. The average Bonchev–Trinajstić information content (AvgIpc) is 2.85. The molecule has 1 amide bonds. The third-order valence-electron chi connectivity index (χ3n) is 5.95. The van der Waals surface area contributed by atoms with Crippen LogP contribution >= 0.6 is 0 Å². The Hall–Kier alpha value is -3.25.